The largest absolute Gasteiger partial charge is 0.465 e. The lowest BCUT2D eigenvalue weighted by Crippen LogP contribution is -2.00. The van der Waals surface area contributed by atoms with Gasteiger partial charge in [-0.2, -0.15) is 0 Å². The molecular weight excluding hydrogens is 305 g/mol. The van der Waals surface area contributed by atoms with Gasteiger partial charge in [-0.3, -0.25) is 4.39 Å². The predicted molar refractivity (Wildman–Crippen MR) is 97.2 cm³/mol. The Morgan fingerprint density at radius 1 is 0.917 bits per heavy atom. The second kappa shape index (κ2) is 14.1. The number of nitrogens with zero attached hydrogens (tertiary/aromatic N) is 1. The van der Waals surface area contributed by atoms with Gasteiger partial charge in [-0.25, -0.2) is 4.79 Å². The summed E-state index contributed by atoms with van der Waals surface area (Å²) < 4.78 is 18.7. The van der Waals surface area contributed by atoms with Gasteiger partial charge < -0.3 is 9.30 Å². The fraction of sp³-hybridized carbons (Fsp3) is 0.750. The second-order valence-electron chi connectivity index (χ2n) is 6.56. The Hall–Kier alpha value is -1.32. The molecule has 1 aromatic rings. The average molecular weight is 339 g/mol. The van der Waals surface area contributed by atoms with Gasteiger partial charge in [0.25, 0.3) is 0 Å². The molecule has 0 amide bonds. The maximum Gasteiger partial charge on any atom is 0.339 e. The number of esters is 1. The van der Waals surface area contributed by atoms with Crippen LogP contribution in [0.5, 0.6) is 0 Å². The van der Waals surface area contributed by atoms with E-state index in [1.54, 1.807) is 0 Å². The molecule has 0 N–H and O–H groups in total. The normalized spacial score (nSPS) is 10.9. The fourth-order valence-electron chi connectivity index (χ4n) is 2.98. The van der Waals surface area contributed by atoms with Crippen molar-refractivity contribution in [2.45, 2.75) is 83.6 Å². The summed E-state index contributed by atoms with van der Waals surface area (Å²) in [7, 11) is 1.41. The molecule has 0 unspecified atom stereocenters. The number of carbonyl (C=O) groups is 1. The molecule has 0 aliphatic rings. The minimum atomic E-state index is -0.267. The Balaban J connectivity index is 1.87. The molecule has 0 saturated heterocycles. The number of hydrogen-bond acceptors (Lipinski definition) is 2. The Bertz CT molecular complexity index is 431. The Labute approximate surface area is 146 Å². The van der Waals surface area contributed by atoms with Gasteiger partial charge in [0.1, 0.15) is 0 Å². The molecule has 1 heterocycles. The Morgan fingerprint density at radius 2 is 1.42 bits per heavy atom. The van der Waals surface area contributed by atoms with Crippen molar-refractivity contribution in [2.24, 2.45) is 0 Å². The van der Waals surface area contributed by atoms with Crippen LogP contribution in [-0.4, -0.2) is 24.3 Å². The highest BCUT2D eigenvalue weighted by molar-refractivity contribution is 5.89. The number of rotatable bonds is 15. The monoisotopic (exact) mass is 339 g/mol. The highest BCUT2D eigenvalue weighted by Gasteiger charge is 2.06. The molecule has 3 nitrogen and oxygen atoms in total. The molecule has 0 aromatic carbocycles. The fourth-order valence-corrected chi connectivity index (χ4v) is 2.98. The van der Waals surface area contributed by atoms with Gasteiger partial charge in [0.15, 0.2) is 0 Å². The first-order valence-corrected chi connectivity index (χ1v) is 9.58. The summed E-state index contributed by atoms with van der Waals surface area (Å²) >= 11 is 0. The van der Waals surface area contributed by atoms with Crippen LogP contribution in [0.25, 0.3) is 0 Å². The second-order valence-corrected chi connectivity index (χ2v) is 6.56. The number of carbonyl (C=O) groups excluding carboxylic acids is 1. The number of halogens is 1. The van der Waals surface area contributed by atoms with Gasteiger partial charge in [0.2, 0.25) is 0 Å². The summed E-state index contributed by atoms with van der Waals surface area (Å²) in [5, 5.41) is 0. The summed E-state index contributed by atoms with van der Waals surface area (Å²) in [6.45, 7) is 0.812. The molecule has 0 atom stereocenters. The van der Waals surface area contributed by atoms with Gasteiger partial charge in [-0.15, -0.1) is 0 Å². The maximum absolute atomic E-state index is 11.9. The molecule has 138 valence electrons. The lowest BCUT2D eigenvalue weighted by molar-refractivity contribution is 0.0600. The SMILES string of the molecule is COC(=O)c1ccn(CCCCCCCCCCCCCCF)c1. The van der Waals surface area contributed by atoms with Crippen molar-refractivity contribution in [3.63, 3.8) is 0 Å². The summed E-state index contributed by atoms with van der Waals surface area (Å²) in [6, 6.07) is 1.81. The summed E-state index contributed by atoms with van der Waals surface area (Å²) in [6.07, 6.45) is 18.4. The number of aromatic nitrogens is 1. The molecule has 24 heavy (non-hydrogen) atoms. The Morgan fingerprint density at radius 3 is 1.92 bits per heavy atom. The minimum Gasteiger partial charge on any atom is -0.465 e. The molecule has 0 bridgehead atoms. The van der Waals surface area contributed by atoms with Crippen molar-refractivity contribution in [1.82, 2.24) is 4.57 Å². The van der Waals surface area contributed by atoms with E-state index in [0.29, 0.717) is 5.56 Å². The molecular formula is C20H34FNO2. The third-order valence-corrected chi connectivity index (χ3v) is 4.47. The molecule has 1 rings (SSSR count). The lowest BCUT2D eigenvalue weighted by Gasteiger charge is -2.04. The van der Waals surface area contributed by atoms with E-state index in [4.69, 9.17) is 4.74 Å². The number of unbranched alkanes of at least 4 members (excludes halogenated alkanes) is 11. The lowest BCUT2D eigenvalue weighted by atomic mass is 10.1. The molecule has 0 aliphatic carbocycles. The van der Waals surface area contributed by atoms with Crippen LogP contribution in [-0.2, 0) is 11.3 Å². The quantitative estimate of drug-likeness (QED) is 0.293. The van der Waals surface area contributed by atoms with E-state index in [0.717, 1.165) is 25.8 Å². The number of aryl methyl sites for hydroxylation is 1. The van der Waals surface area contributed by atoms with Gasteiger partial charge in [-0.1, -0.05) is 64.2 Å². The zero-order valence-corrected chi connectivity index (χ0v) is 15.3. The number of hydrogen-bond donors (Lipinski definition) is 0. The maximum atomic E-state index is 11.9. The van der Waals surface area contributed by atoms with Crippen LogP contribution in [0.3, 0.4) is 0 Å². The van der Waals surface area contributed by atoms with Gasteiger partial charge in [0, 0.05) is 18.9 Å². The molecule has 0 fully saturated rings. The van der Waals surface area contributed by atoms with Crippen molar-refractivity contribution < 1.29 is 13.9 Å². The van der Waals surface area contributed by atoms with Crippen LogP contribution in [0.1, 0.15) is 87.4 Å². The van der Waals surface area contributed by atoms with Crippen molar-refractivity contribution in [2.75, 3.05) is 13.8 Å². The van der Waals surface area contributed by atoms with E-state index in [1.807, 2.05) is 18.5 Å². The molecule has 1 aromatic heterocycles. The third kappa shape index (κ3) is 9.74. The zero-order valence-electron chi connectivity index (χ0n) is 15.3. The third-order valence-electron chi connectivity index (χ3n) is 4.47. The van der Waals surface area contributed by atoms with Crippen molar-refractivity contribution in [3.05, 3.63) is 24.0 Å². The predicted octanol–water partition coefficient (Wildman–Crippen LogP) is 5.93. The van der Waals surface area contributed by atoms with Crippen molar-refractivity contribution >= 4 is 5.97 Å². The molecule has 0 aliphatic heterocycles. The van der Waals surface area contributed by atoms with Crippen molar-refractivity contribution in [3.8, 4) is 0 Å². The van der Waals surface area contributed by atoms with Crippen LogP contribution in [0.15, 0.2) is 18.5 Å². The first kappa shape index (κ1) is 20.7. The topological polar surface area (TPSA) is 31.2 Å². The van der Waals surface area contributed by atoms with Gasteiger partial charge in [0.05, 0.1) is 19.3 Å². The summed E-state index contributed by atoms with van der Waals surface area (Å²) in [5.74, 6) is -0.267. The molecule has 0 radical (unpaired) electrons. The number of ether oxygens (including phenoxy) is 1. The van der Waals surface area contributed by atoms with E-state index in [2.05, 4.69) is 4.57 Å². The molecule has 0 saturated carbocycles. The van der Waals surface area contributed by atoms with E-state index in [1.165, 1.54) is 64.9 Å². The first-order chi connectivity index (χ1) is 11.8. The summed E-state index contributed by atoms with van der Waals surface area (Å²) in [4.78, 5) is 11.4. The molecule has 4 heteroatoms. The van der Waals surface area contributed by atoms with E-state index >= 15 is 0 Å². The van der Waals surface area contributed by atoms with Crippen LogP contribution in [0.4, 0.5) is 4.39 Å². The van der Waals surface area contributed by atoms with E-state index in [-0.39, 0.29) is 12.6 Å². The Kier molecular flexibility index (Phi) is 12.1. The van der Waals surface area contributed by atoms with E-state index in [9.17, 15) is 9.18 Å². The minimum absolute atomic E-state index is 0.156. The van der Waals surface area contributed by atoms with Crippen LogP contribution < -0.4 is 0 Å². The zero-order chi connectivity index (χ0) is 17.5. The van der Waals surface area contributed by atoms with E-state index < -0.39 is 0 Å². The summed E-state index contributed by atoms with van der Waals surface area (Å²) in [5.41, 5.74) is 0.627. The van der Waals surface area contributed by atoms with Gasteiger partial charge >= 0.3 is 5.97 Å². The smallest absolute Gasteiger partial charge is 0.339 e. The van der Waals surface area contributed by atoms with Crippen LogP contribution in [0, 0.1) is 0 Å². The van der Waals surface area contributed by atoms with Crippen LogP contribution in [0.2, 0.25) is 0 Å². The number of methoxy groups -OCH3 is 1. The standard InChI is InChI=1S/C20H34FNO2/c1-24-20(23)19-14-17-22(18-19)16-13-11-9-7-5-3-2-4-6-8-10-12-15-21/h14,17-18H,2-13,15-16H2,1H3. The first-order valence-electron chi connectivity index (χ1n) is 9.58. The average Bonchev–Trinajstić information content (AvgIpc) is 3.07. The highest BCUT2D eigenvalue weighted by Crippen LogP contribution is 2.12. The van der Waals surface area contributed by atoms with Crippen LogP contribution >= 0.6 is 0 Å². The number of alkyl halides is 1. The van der Waals surface area contributed by atoms with Crippen molar-refractivity contribution in [1.29, 1.82) is 0 Å². The highest BCUT2D eigenvalue weighted by atomic mass is 19.1. The molecule has 0 spiro atoms. The van der Waals surface area contributed by atoms with Gasteiger partial charge in [-0.05, 0) is 18.9 Å².